The van der Waals surface area contributed by atoms with Crippen molar-refractivity contribution >= 4 is 45.2 Å². The summed E-state index contributed by atoms with van der Waals surface area (Å²) in [4.78, 5) is 13.2. The van der Waals surface area contributed by atoms with Crippen LogP contribution in [0.5, 0.6) is 0 Å². The molecule has 7 aromatic rings. The van der Waals surface area contributed by atoms with E-state index in [2.05, 4.69) is 34.9 Å². The van der Waals surface area contributed by atoms with E-state index < -0.39 is 11.7 Å². The van der Waals surface area contributed by atoms with Gasteiger partial charge >= 0.3 is 6.18 Å². The zero-order valence-electron chi connectivity index (χ0n) is 24.4. The minimum absolute atomic E-state index is 0.575. The molecule has 6 heteroatoms. The van der Waals surface area contributed by atoms with Crippen LogP contribution in [0, 0.1) is 11.8 Å². The molecule has 0 amide bonds. The maximum Gasteiger partial charge on any atom is 0.416 e. The molecule has 0 aliphatic carbocycles. The number of aromatic nitrogens is 1. The number of halogens is 3. The number of fused-ring (bicyclic) bond motifs is 3. The Bertz CT molecular complexity index is 2200. The Morgan fingerprint density at radius 3 is 1.70 bits per heavy atom. The van der Waals surface area contributed by atoms with Crippen LogP contribution in [0.1, 0.15) is 27.0 Å². The van der Waals surface area contributed by atoms with Crippen molar-refractivity contribution in [1.82, 2.24) is 4.57 Å². The Morgan fingerprint density at radius 1 is 0.565 bits per heavy atom. The van der Waals surface area contributed by atoms with E-state index in [-0.39, 0.29) is 0 Å². The summed E-state index contributed by atoms with van der Waals surface area (Å²) in [6.07, 6.45) is -3.65. The van der Waals surface area contributed by atoms with Gasteiger partial charge < -0.3 is 9.47 Å². The molecule has 0 bridgehead atoms. The van der Waals surface area contributed by atoms with Crippen LogP contribution in [0.25, 0.3) is 27.5 Å². The SMILES string of the molecule is O=Cc1ccc(C#Cc2ccc3c4ccc(N(c5ccccc5)c5ccccc5)cc4n(-c4ccc(C(F)(F)F)cc4)c3c2)cc1. The van der Waals surface area contributed by atoms with Crippen LogP contribution in [0.4, 0.5) is 30.2 Å². The first-order valence-electron chi connectivity index (χ1n) is 14.6. The van der Waals surface area contributed by atoms with Crippen molar-refractivity contribution in [2.24, 2.45) is 0 Å². The Morgan fingerprint density at radius 2 is 1.11 bits per heavy atom. The molecule has 0 saturated carbocycles. The summed E-state index contributed by atoms with van der Waals surface area (Å²) in [6, 6.07) is 44.4. The molecule has 0 spiro atoms. The maximum absolute atomic E-state index is 13.5. The fraction of sp³-hybridized carbons (Fsp3) is 0.0250. The van der Waals surface area contributed by atoms with Gasteiger partial charge in [0.05, 0.1) is 16.6 Å². The summed E-state index contributed by atoms with van der Waals surface area (Å²) >= 11 is 0. The largest absolute Gasteiger partial charge is 0.416 e. The predicted molar refractivity (Wildman–Crippen MR) is 178 cm³/mol. The Hall–Kier alpha value is -6.06. The first-order valence-corrected chi connectivity index (χ1v) is 14.6. The molecule has 7 rings (SSSR count). The monoisotopic (exact) mass is 606 g/mol. The van der Waals surface area contributed by atoms with Crippen LogP contribution < -0.4 is 4.90 Å². The lowest BCUT2D eigenvalue weighted by Gasteiger charge is -2.25. The molecule has 0 aliphatic heterocycles. The highest BCUT2D eigenvalue weighted by Crippen LogP contribution is 2.40. The number of nitrogens with zero attached hydrogens (tertiary/aromatic N) is 2. The third-order valence-corrected chi connectivity index (χ3v) is 7.89. The van der Waals surface area contributed by atoms with Crippen molar-refractivity contribution in [1.29, 1.82) is 0 Å². The summed E-state index contributed by atoms with van der Waals surface area (Å²) in [5, 5.41) is 1.91. The van der Waals surface area contributed by atoms with Crippen molar-refractivity contribution in [3.8, 4) is 17.5 Å². The van der Waals surface area contributed by atoms with Gasteiger partial charge in [-0.25, -0.2) is 0 Å². The quantitative estimate of drug-likeness (QED) is 0.144. The van der Waals surface area contributed by atoms with Crippen LogP contribution in [0.15, 0.2) is 146 Å². The fourth-order valence-electron chi connectivity index (χ4n) is 5.69. The number of anilines is 3. The van der Waals surface area contributed by atoms with Crippen molar-refractivity contribution < 1.29 is 18.0 Å². The minimum Gasteiger partial charge on any atom is -0.310 e. The Labute approximate surface area is 263 Å². The van der Waals surface area contributed by atoms with Crippen molar-refractivity contribution in [2.45, 2.75) is 6.18 Å². The number of aldehydes is 1. The number of carbonyl (C=O) groups excluding carboxylic acids is 1. The number of rotatable bonds is 5. The summed E-state index contributed by atoms with van der Waals surface area (Å²) in [5.41, 5.74) is 6.51. The molecule has 0 fully saturated rings. The molecular formula is C40H25F3N2O. The van der Waals surface area contributed by atoms with E-state index in [0.717, 1.165) is 68.4 Å². The fourth-order valence-corrected chi connectivity index (χ4v) is 5.69. The van der Waals surface area contributed by atoms with Gasteiger partial charge in [-0.1, -0.05) is 72.5 Å². The zero-order chi connectivity index (χ0) is 31.7. The highest BCUT2D eigenvalue weighted by atomic mass is 19.4. The standard InChI is InChI=1S/C40H25F3N2O/c41-40(42,43)31-18-20-34(21-19-31)45-38-25-29(14-11-28-12-15-30(27-46)16-13-28)17-23-36(38)37-24-22-35(26-39(37)45)44(32-7-3-1-4-8-32)33-9-5-2-6-10-33/h1-10,12-13,15-27H. The predicted octanol–water partition coefficient (Wildman–Crippen LogP) is 10.5. The molecule has 0 unspecified atom stereocenters. The van der Waals surface area contributed by atoms with Crippen molar-refractivity contribution in [3.63, 3.8) is 0 Å². The number of alkyl halides is 3. The van der Waals surface area contributed by atoms with Crippen LogP contribution in [0.2, 0.25) is 0 Å². The van der Waals surface area contributed by atoms with E-state index in [1.165, 1.54) is 12.1 Å². The van der Waals surface area contributed by atoms with Crippen LogP contribution in [-0.2, 0) is 6.18 Å². The molecule has 3 nitrogen and oxygen atoms in total. The van der Waals surface area contributed by atoms with E-state index in [1.807, 2.05) is 83.4 Å². The number of para-hydroxylation sites is 2. The molecule has 0 radical (unpaired) electrons. The lowest BCUT2D eigenvalue weighted by Crippen LogP contribution is -2.09. The first-order chi connectivity index (χ1) is 22.4. The summed E-state index contributed by atoms with van der Waals surface area (Å²) in [5.74, 6) is 6.35. The van der Waals surface area contributed by atoms with Gasteiger partial charge in [0.15, 0.2) is 0 Å². The normalized spacial score (nSPS) is 11.3. The topological polar surface area (TPSA) is 25.2 Å². The molecule has 222 valence electrons. The molecule has 6 aromatic carbocycles. The number of benzene rings is 6. The first kappa shape index (κ1) is 28.7. The molecule has 0 atom stereocenters. The molecule has 1 heterocycles. The van der Waals surface area contributed by atoms with Crippen LogP contribution in [0.3, 0.4) is 0 Å². The molecule has 0 aliphatic rings. The average molecular weight is 607 g/mol. The third-order valence-electron chi connectivity index (χ3n) is 7.89. The molecule has 46 heavy (non-hydrogen) atoms. The van der Waals surface area contributed by atoms with Gasteiger partial charge in [0.2, 0.25) is 0 Å². The highest BCUT2D eigenvalue weighted by Gasteiger charge is 2.30. The molecule has 0 N–H and O–H groups in total. The number of hydrogen-bond donors (Lipinski definition) is 0. The van der Waals surface area contributed by atoms with Gasteiger partial charge in [-0.05, 0) is 84.9 Å². The molecule has 0 saturated heterocycles. The summed E-state index contributed by atoms with van der Waals surface area (Å²) < 4.78 is 42.5. The van der Waals surface area contributed by atoms with Gasteiger partial charge in [-0.15, -0.1) is 0 Å². The second kappa shape index (κ2) is 11.8. The van der Waals surface area contributed by atoms with Gasteiger partial charge in [0.25, 0.3) is 0 Å². The van der Waals surface area contributed by atoms with Gasteiger partial charge in [0.1, 0.15) is 6.29 Å². The zero-order valence-corrected chi connectivity index (χ0v) is 24.4. The lowest BCUT2D eigenvalue weighted by molar-refractivity contribution is -0.137. The average Bonchev–Trinajstić information content (AvgIpc) is 3.41. The lowest BCUT2D eigenvalue weighted by atomic mass is 10.1. The van der Waals surface area contributed by atoms with Gasteiger partial charge in [-0.2, -0.15) is 13.2 Å². The van der Waals surface area contributed by atoms with Gasteiger partial charge in [-0.3, -0.25) is 4.79 Å². The third kappa shape index (κ3) is 5.51. The second-order valence-electron chi connectivity index (χ2n) is 10.8. The smallest absolute Gasteiger partial charge is 0.310 e. The summed E-state index contributed by atoms with van der Waals surface area (Å²) in [6.45, 7) is 0. The number of hydrogen-bond acceptors (Lipinski definition) is 2. The minimum atomic E-state index is -4.44. The van der Waals surface area contributed by atoms with E-state index in [4.69, 9.17) is 0 Å². The van der Waals surface area contributed by atoms with Gasteiger partial charge in [0, 0.05) is 50.2 Å². The Kier molecular flexibility index (Phi) is 7.36. The molecular weight excluding hydrogens is 581 g/mol. The second-order valence-corrected chi connectivity index (χ2v) is 10.8. The Balaban J connectivity index is 1.43. The molecule has 1 aromatic heterocycles. The maximum atomic E-state index is 13.5. The van der Waals surface area contributed by atoms with E-state index in [1.54, 1.807) is 24.3 Å². The van der Waals surface area contributed by atoms with E-state index >= 15 is 0 Å². The summed E-state index contributed by atoms with van der Waals surface area (Å²) in [7, 11) is 0. The number of carbonyl (C=O) groups is 1. The van der Waals surface area contributed by atoms with E-state index in [0.29, 0.717) is 11.3 Å². The van der Waals surface area contributed by atoms with Crippen molar-refractivity contribution in [2.75, 3.05) is 4.90 Å². The van der Waals surface area contributed by atoms with Crippen molar-refractivity contribution in [3.05, 3.63) is 168 Å². The highest BCUT2D eigenvalue weighted by molar-refractivity contribution is 6.10. The van der Waals surface area contributed by atoms with Crippen LogP contribution in [-0.4, -0.2) is 10.9 Å². The van der Waals surface area contributed by atoms with Crippen LogP contribution >= 0.6 is 0 Å². The van der Waals surface area contributed by atoms with E-state index in [9.17, 15) is 18.0 Å².